The lowest BCUT2D eigenvalue weighted by Gasteiger charge is -2.22. The first kappa shape index (κ1) is 10.4. The molecule has 0 bridgehead atoms. The number of fused-ring (bicyclic) bond motifs is 1. The second kappa shape index (κ2) is 3.21. The Kier molecular flexibility index (Phi) is 2.24. The van der Waals surface area contributed by atoms with Gasteiger partial charge in [0.1, 0.15) is 4.90 Å². The Bertz CT molecular complexity index is 551. The maximum Gasteiger partial charge on any atom is 0.268 e. The van der Waals surface area contributed by atoms with Crippen molar-refractivity contribution in [2.45, 2.75) is 11.8 Å². The number of hydrogen-bond acceptors (Lipinski definition) is 3. The van der Waals surface area contributed by atoms with Gasteiger partial charge in [0.05, 0.1) is 5.69 Å². The molecule has 1 aromatic carbocycles. The van der Waals surface area contributed by atoms with Crippen LogP contribution in [-0.4, -0.2) is 25.1 Å². The number of rotatable bonds is 0. The second-order valence-corrected chi connectivity index (χ2v) is 5.60. The normalized spacial score (nSPS) is 18.3. The highest BCUT2D eigenvalue weighted by atomic mass is 35.5. The maximum atomic E-state index is 11.9. The van der Waals surface area contributed by atoms with Crippen LogP contribution in [0.1, 0.15) is 5.56 Å². The van der Waals surface area contributed by atoms with Crippen LogP contribution in [0, 0.1) is 6.92 Å². The molecule has 1 aromatic rings. The number of sulfonamides is 1. The first-order chi connectivity index (χ1) is 6.93. The van der Waals surface area contributed by atoms with E-state index in [0.29, 0.717) is 5.69 Å². The Morgan fingerprint density at radius 3 is 2.73 bits per heavy atom. The van der Waals surface area contributed by atoms with Gasteiger partial charge in [0, 0.05) is 7.05 Å². The standard InChI is InChI=1S/C9H9ClN2O2S/c1-6-3-4-7-8(5-6)15(13,14)12(2)9(10)11-7/h3-5H,1-2H3. The van der Waals surface area contributed by atoms with Gasteiger partial charge in [-0.2, -0.15) is 0 Å². The van der Waals surface area contributed by atoms with Crippen LogP contribution < -0.4 is 0 Å². The summed E-state index contributed by atoms with van der Waals surface area (Å²) in [5.74, 6) is 0. The van der Waals surface area contributed by atoms with Gasteiger partial charge < -0.3 is 0 Å². The van der Waals surface area contributed by atoms with Crippen molar-refractivity contribution in [3.63, 3.8) is 0 Å². The molecule has 1 aliphatic rings. The average molecular weight is 245 g/mol. The molecule has 1 aliphatic heterocycles. The summed E-state index contributed by atoms with van der Waals surface area (Å²) >= 11 is 5.72. The fourth-order valence-corrected chi connectivity index (χ4v) is 2.95. The van der Waals surface area contributed by atoms with E-state index in [1.807, 2.05) is 6.92 Å². The topological polar surface area (TPSA) is 49.7 Å². The molecule has 2 rings (SSSR count). The van der Waals surface area contributed by atoms with Gasteiger partial charge in [0.15, 0.2) is 0 Å². The number of hydrogen-bond donors (Lipinski definition) is 0. The maximum absolute atomic E-state index is 11.9. The van der Waals surface area contributed by atoms with E-state index in [1.165, 1.54) is 7.05 Å². The second-order valence-electron chi connectivity index (χ2n) is 3.32. The van der Waals surface area contributed by atoms with E-state index in [0.717, 1.165) is 9.87 Å². The van der Waals surface area contributed by atoms with E-state index in [2.05, 4.69) is 4.99 Å². The molecular weight excluding hydrogens is 236 g/mol. The highest BCUT2D eigenvalue weighted by molar-refractivity contribution is 7.90. The van der Waals surface area contributed by atoms with E-state index < -0.39 is 10.0 Å². The number of amidine groups is 1. The van der Waals surface area contributed by atoms with Gasteiger partial charge in [-0.15, -0.1) is 0 Å². The number of benzene rings is 1. The monoisotopic (exact) mass is 244 g/mol. The quantitative estimate of drug-likeness (QED) is 0.654. The third kappa shape index (κ3) is 1.52. The molecule has 6 heteroatoms. The van der Waals surface area contributed by atoms with Crippen molar-refractivity contribution in [3.05, 3.63) is 23.8 Å². The van der Waals surface area contributed by atoms with Crippen molar-refractivity contribution in [2.75, 3.05) is 7.05 Å². The van der Waals surface area contributed by atoms with Crippen molar-refractivity contribution >= 4 is 32.6 Å². The molecule has 0 atom stereocenters. The summed E-state index contributed by atoms with van der Waals surface area (Å²) in [4.78, 5) is 4.20. The zero-order valence-electron chi connectivity index (χ0n) is 8.23. The molecule has 0 unspecified atom stereocenters. The first-order valence-corrected chi connectivity index (χ1v) is 6.08. The zero-order chi connectivity index (χ0) is 11.2. The fraction of sp³-hybridized carbons (Fsp3) is 0.222. The molecule has 15 heavy (non-hydrogen) atoms. The molecule has 0 fully saturated rings. The Hall–Kier alpha value is -1.07. The Morgan fingerprint density at radius 2 is 2.07 bits per heavy atom. The summed E-state index contributed by atoms with van der Waals surface area (Å²) in [5, 5.41) is -0.0358. The molecule has 4 nitrogen and oxygen atoms in total. The summed E-state index contributed by atoms with van der Waals surface area (Å²) in [6, 6.07) is 5.04. The Labute approximate surface area is 93.2 Å². The molecule has 0 aliphatic carbocycles. The summed E-state index contributed by atoms with van der Waals surface area (Å²) in [5.41, 5.74) is 1.27. The summed E-state index contributed by atoms with van der Waals surface area (Å²) in [6.45, 7) is 1.83. The highest BCUT2D eigenvalue weighted by Crippen LogP contribution is 2.32. The Morgan fingerprint density at radius 1 is 1.40 bits per heavy atom. The van der Waals surface area contributed by atoms with Gasteiger partial charge in [-0.05, 0) is 36.2 Å². The zero-order valence-corrected chi connectivity index (χ0v) is 9.80. The minimum Gasteiger partial charge on any atom is -0.243 e. The van der Waals surface area contributed by atoms with Crippen molar-refractivity contribution in [1.82, 2.24) is 4.31 Å². The van der Waals surface area contributed by atoms with Crippen LogP contribution in [0.25, 0.3) is 0 Å². The first-order valence-electron chi connectivity index (χ1n) is 4.27. The van der Waals surface area contributed by atoms with Gasteiger partial charge in [-0.1, -0.05) is 6.07 Å². The van der Waals surface area contributed by atoms with Crippen LogP contribution in [0.4, 0.5) is 5.69 Å². The van der Waals surface area contributed by atoms with Crippen LogP contribution in [-0.2, 0) is 10.0 Å². The molecule has 0 saturated carbocycles. The molecular formula is C9H9ClN2O2S. The number of aliphatic imine (C=N–C) groups is 1. The predicted octanol–water partition coefficient (Wildman–Crippen LogP) is 1.86. The van der Waals surface area contributed by atoms with Crippen LogP contribution >= 0.6 is 11.6 Å². The van der Waals surface area contributed by atoms with E-state index in [-0.39, 0.29) is 10.2 Å². The van der Waals surface area contributed by atoms with Gasteiger partial charge in [-0.3, -0.25) is 0 Å². The SMILES string of the molecule is Cc1ccc2c(c1)S(=O)(=O)N(C)C(Cl)=N2. The van der Waals surface area contributed by atoms with E-state index in [1.54, 1.807) is 18.2 Å². The minimum atomic E-state index is -3.52. The molecule has 1 heterocycles. The van der Waals surface area contributed by atoms with E-state index in [4.69, 9.17) is 11.6 Å². The minimum absolute atomic E-state index is 0.0358. The van der Waals surface area contributed by atoms with E-state index >= 15 is 0 Å². The van der Waals surface area contributed by atoms with Gasteiger partial charge in [0.2, 0.25) is 5.29 Å². The molecule has 0 spiro atoms. The van der Waals surface area contributed by atoms with Gasteiger partial charge in [-0.25, -0.2) is 17.7 Å². The molecule has 0 amide bonds. The lowest BCUT2D eigenvalue weighted by molar-refractivity contribution is 0.552. The third-order valence-electron chi connectivity index (χ3n) is 2.23. The number of halogens is 1. The lowest BCUT2D eigenvalue weighted by Crippen LogP contribution is -2.32. The summed E-state index contributed by atoms with van der Waals surface area (Å²) in [7, 11) is -2.14. The largest absolute Gasteiger partial charge is 0.268 e. The van der Waals surface area contributed by atoms with Crippen molar-refractivity contribution in [3.8, 4) is 0 Å². The van der Waals surface area contributed by atoms with Crippen LogP contribution in [0.5, 0.6) is 0 Å². The van der Waals surface area contributed by atoms with Gasteiger partial charge >= 0.3 is 0 Å². The van der Waals surface area contributed by atoms with Crippen molar-refractivity contribution in [2.24, 2.45) is 4.99 Å². The summed E-state index contributed by atoms with van der Waals surface area (Å²) in [6.07, 6.45) is 0. The molecule has 0 aromatic heterocycles. The van der Waals surface area contributed by atoms with Crippen LogP contribution in [0.15, 0.2) is 28.1 Å². The lowest BCUT2D eigenvalue weighted by atomic mass is 10.2. The van der Waals surface area contributed by atoms with Crippen LogP contribution in [0.2, 0.25) is 0 Å². The third-order valence-corrected chi connectivity index (χ3v) is 4.44. The molecule has 0 saturated heterocycles. The van der Waals surface area contributed by atoms with Crippen molar-refractivity contribution in [1.29, 1.82) is 0 Å². The molecule has 0 N–H and O–H groups in total. The fourth-order valence-electron chi connectivity index (χ4n) is 1.34. The number of nitrogens with zero attached hydrogens (tertiary/aromatic N) is 2. The van der Waals surface area contributed by atoms with Gasteiger partial charge in [0.25, 0.3) is 10.0 Å². The smallest absolute Gasteiger partial charge is 0.243 e. The summed E-state index contributed by atoms with van der Waals surface area (Å²) < 4.78 is 24.8. The molecule has 0 radical (unpaired) electrons. The van der Waals surface area contributed by atoms with Crippen LogP contribution in [0.3, 0.4) is 0 Å². The molecule has 80 valence electrons. The van der Waals surface area contributed by atoms with Crippen molar-refractivity contribution < 1.29 is 8.42 Å². The average Bonchev–Trinajstić information content (AvgIpc) is 2.17. The number of aryl methyl sites for hydroxylation is 1. The predicted molar refractivity (Wildman–Crippen MR) is 59.1 cm³/mol. The van der Waals surface area contributed by atoms with E-state index in [9.17, 15) is 8.42 Å². The highest BCUT2D eigenvalue weighted by Gasteiger charge is 2.30. The Balaban J connectivity index is 2.79.